The van der Waals surface area contributed by atoms with E-state index in [1.807, 2.05) is 38.4 Å². The molecule has 0 fully saturated rings. The summed E-state index contributed by atoms with van der Waals surface area (Å²) in [6.45, 7) is 4.94. The van der Waals surface area contributed by atoms with Crippen LogP contribution in [0.1, 0.15) is 26.7 Å². The van der Waals surface area contributed by atoms with E-state index in [-0.39, 0.29) is 11.3 Å². The van der Waals surface area contributed by atoms with Gasteiger partial charge in [-0.05, 0) is 25.0 Å². The number of amidine groups is 1. The van der Waals surface area contributed by atoms with Crippen LogP contribution in [0.5, 0.6) is 0 Å². The number of imidazole rings is 1. The van der Waals surface area contributed by atoms with E-state index in [9.17, 15) is 0 Å². The quantitative estimate of drug-likeness (QED) is 0.627. The van der Waals surface area contributed by atoms with Gasteiger partial charge in [-0.2, -0.15) is 0 Å². The van der Waals surface area contributed by atoms with Gasteiger partial charge >= 0.3 is 0 Å². The second-order valence-corrected chi connectivity index (χ2v) is 5.33. The van der Waals surface area contributed by atoms with Crippen molar-refractivity contribution in [2.24, 2.45) is 11.1 Å². The number of nitrogens with zero attached hydrogens (tertiary/aromatic N) is 2. The van der Waals surface area contributed by atoms with Crippen LogP contribution in [0.25, 0.3) is 11.0 Å². The van der Waals surface area contributed by atoms with Gasteiger partial charge in [0.15, 0.2) is 0 Å². The first-order valence-corrected chi connectivity index (χ1v) is 6.25. The molecule has 2 rings (SSSR count). The summed E-state index contributed by atoms with van der Waals surface area (Å²) in [5, 5.41) is 7.54. The van der Waals surface area contributed by atoms with Crippen LogP contribution >= 0.6 is 0 Å². The number of hydrogen-bond acceptors (Lipinski definition) is 2. The van der Waals surface area contributed by atoms with Crippen molar-refractivity contribution < 1.29 is 0 Å². The highest BCUT2D eigenvalue weighted by molar-refractivity contribution is 5.82. The van der Waals surface area contributed by atoms with Crippen molar-refractivity contribution in [1.82, 2.24) is 9.55 Å². The molecule has 1 aromatic carbocycles. The third-order valence-electron chi connectivity index (χ3n) is 3.46. The van der Waals surface area contributed by atoms with Gasteiger partial charge in [-0.25, -0.2) is 4.98 Å². The van der Waals surface area contributed by atoms with E-state index < -0.39 is 0 Å². The molecule has 1 aromatic heterocycles. The molecule has 4 heteroatoms. The molecule has 0 atom stereocenters. The fraction of sp³-hybridized carbons (Fsp3) is 0.429. The minimum absolute atomic E-state index is 0.212. The third-order valence-corrected chi connectivity index (χ3v) is 3.46. The van der Waals surface area contributed by atoms with Crippen LogP contribution < -0.4 is 5.73 Å². The topological polar surface area (TPSA) is 67.7 Å². The Hall–Kier alpha value is -1.84. The number of nitrogens with two attached hydrogens (primary N) is 1. The zero-order chi connectivity index (χ0) is 13.2. The zero-order valence-electron chi connectivity index (χ0n) is 11.0. The zero-order valence-corrected chi connectivity index (χ0v) is 11.0. The van der Waals surface area contributed by atoms with Crippen LogP contribution in [0.4, 0.5) is 0 Å². The van der Waals surface area contributed by atoms with Gasteiger partial charge < -0.3 is 10.3 Å². The molecule has 2 aromatic rings. The SMILES string of the molecule is CC(C)(CCCn1cnc2ccccc21)C(=N)N. The molecule has 0 aliphatic carbocycles. The average molecular weight is 244 g/mol. The van der Waals surface area contributed by atoms with E-state index in [2.05, 4.69) is 15.6 Å². The molecule has 18 heavy (non-hydrogen) atoms. The molecular formula is C14H20N4. The highest BCUT2D eigenvalue weighted by Crippen LogP contribution is 2.22. The summed E-state index contributed by atoms with van der Waals surface area (Å²) in [7, 11) is 0. The van der Waals surface area contributed by atoms with Gasteiger partial charge in [0.25, 0.3) is 0 Å². The summed E-state index contributed by atoms with van der Waals surface area (Å²) in [4.78, 5) is 4.36. The van der Waals surface area contributed by atoms with Crippen molar-refractivity contribution in [3.63, 3.8) is 0 Å². The van der Waals surface area contributed by atoms with Gasteiger partial charge in [-0.3, -0.25) is 5.41 Å². The molecule has 4 nitrogen and oxygen atoms in total. The maximum absolute atomic E-state index is 7.54. The number of para-hydroxylation sites is 2. The summed E-state index contributed by atoms with van der Waals surface area (Å²) in [5.41, 5.74) is 7.57. The molecule has 0 bridgehead atoms. The lowest BCUT2D eigenvalue weighted by atomic mass is 9.87. The molecule has 0 spiro atoms. The van der Waals surface area contributed by atoms with E-state index in [0.29, 0.717) is 0 Å². The monoisotopic (exact) mass is 244 g/mol. The number of fused-ring (bicyclic) bond motifs is 1. The van der Waals surface area contributed by atoms with Crippen molar-refractivity contribution in [3.8, 4) is 0 Å². The van der Waals surface area contributed by atoms with Crippen molar-refractivity contribution in [3.05, 3.63) is 30.6 Å². The minimum atomic E-state index is -0.212. The number of aryl methyl sites for hydroxylation is 1. The molecule has 0 unspecified atom stereocenters. The molecular weight excluding hydrogens is 224 g/mol. The fourth-order valence-corrected chi connectivity index (χ4v) is 2.01. The van der Waals surface area contributed by atoms with Gasteiger partial charge in [-0.1, -0.05) is 26.0 Å². The molecule has 0 aliphatic rings. The van der Waals surface area contributed by atoms with Crippen LogP contribution in [-0.4, -0.2) is 15.4 Å². The molecule has 0 aliphatic heterocycles. The summed E-state index contributed by atoms with van der Waals surface area (Å²) in [6, 6.07) is 8.13. The Labute approximate surface area is 107 Å². The number of hydrogen-bond donors (Lipinski definition) is 2. The molecule has 0 amide bonds. The maximum Gasteiger partial charge on any atom is 0.0963 e. The first-order chi connectivity index (χ1) is 8.50. The molecule has 0 saturated carbocycles. The lowest BCUT2D eigenvalue weighted by Gasteiger charge is -2.22. The van der Waals surface area contributed by atoms with Crippen LogP contribution in [0.3, 0.4) is 0 Å². The van der Waals surface area contributed by atoms with Crippen LogP contribution in [0, 0.1) is 10.8 Å². The summed E-state index contributed by atoms with van der Waals surface area (Å²) in [5.74, 6) is 0.262. The molecule has 0 radical (unpaired) electrons. The molecule has 96 valence electrons. The molecule has 3 N–H and O–H groups in total. The smallest absolute Gasteiger partial charge is 0.0963 e. The van der Waals surface area contributed by atoms with Gasteiger partial charge in [0, 0.05) is 12.0 Å². The van der Waals surface area contributed by atoms with Crippen molar-refractivity contribution in [1.29, 1.82) is 5.41 Å². The number of benzene rings is 1. The van der Waals surface area contributed by atoms with E-state index in [1.54, 1.807) is 0 Å². The summed E-state index contributed by atoms with van der Waals surface area (Å²) in [6.07, 6.45) is 3.78. The largest absolute Gasteiger partial charge is 0.387 e. The Bertz CT molecular complexity index is 554. The Morgan fingerprint density at radius 1 is 1.39 bits per heavy atom. The Morgan fingerprint density at radius 3 is 2.83 bits per heavy atom. The number of rotatable bonds is 5. The van der Waals surface area contributed by atoms with Crippen molar-refractivity contribution >= 4 is 16.9 Å². The minimum Gasteiger partial charge on any atom is -0.387 e. The van der Waals surface area contributed by atoms with E-state index in [1.165, 1.54) is 0 Å². The maximum atomic E-state index is 7.54. The van der Waals surface area contributed by atoms with Gasteiger partial charge in [-0.15, -0.1) is 0 Å². The molecule has 0 saturated heterocycles. The third kappa shape index (κ3) is 2.53. The second-order valence-electron chi connectivity index (χ2n) is 5.33. The Morgan fingerprint density at radius 2 is 2.11 bits per heavy atom. The van der Waals surface area contributed by atoms with Crippen LogP contribution in [-0.2, 0) is 6.54 Å². The van der Waals surface area contributed by atoms with Gasteiger partial charge in [0.1, 0.15) is 0 Å². The first-order valence-electron chi connectivity index (χ1n) is 6.25. The highest BCUT2D eigenvalue weighted by atomic mass is 15.0. The van der Waals surface area contributed by atoms with E-state index in [4.69, 9.17) is 11.1 Å². The number of aromatic nitrogens is 2. The van der Waals surface area contributed by atoms with Crippen LogP contribution in [0.2, 0.25) is 0 Å². The lowest BCUT2D eigenvalue weighted by Crippen LogP contribution is -2.30. The predicted octanol–water partition coefficient (Wildman–Crippen LogP) is 2.78. The normalized spacial score (nSPS) is 11.9. The number of nitrogens with one attached hydrogen (secondary N) is 1. The summed E-state index contributed by atoms with van der Waals surface area (Å²) >= 11 is 0. The summed E-state index contributed by atoms with van der Waals surface area (Å²) < 4.78 is 2.16. The van der Waals surface area contributed by atoms with Crippen LogP contribution in [0.15, 0.2) is 30.6 Å². The Kier molecular flexibility index (Phi) is 3.36. The Balaban J connectivity index is 2.01. The molecule has 1 heterocycles. The van der Waals surface area contributed by atoms with Crippen molar-refractivity contribution in [2.45, 2.75) is 33.2 Å². The van der Waals surface area contributed by atoms with Gasteiger partial charge in [0.05, 0.1) is 23.2 Å². The fourth-order valence-electron chi connectivity index (χ4n) is 2.01. The highest BCUT2D eigenvalue weighted by Gasteiger charge is 2.20. The second kappa shape index (κ2) is 4.80. The lowest BCUT2D eigenvalue weighted by molar-refractivity contribution is 0.431. The van der Waals surface area contributed by atoms with E-state index in [0.717, 1.165) is 30.4 Å². The average Bonchev–Trinajstić information content (AvgIpc) is 2.72. The predicted molar refractivity (Wildman–Crippen MR) is 74.7 cm³/mol. The standard InChI is InChI=1S/C14H20N4/c1-14(2,13(15)16)8-5-9-18-10-17-11-6-3-4-7-12(11)18/h3-4,6-7,10H,5,8-9H2,1-2H3,(H3,15,16). The van der Waals surface area contributed by atoms with Gasteiger partial charge in [0.2, 0.25) is 0 Å². The van der Waals surface area contributed by atoms with Crippen molar-refractivity contribution in [2.75, 3.05) is 0 Å². The first kappa shape index (κ1) is 12.6. The van der Waals surface area contributed by atoms with E-state index >= 15 is 0 Å².